The van der Waals surface area contributed by atoms with Crippen LogP contribution in [-0.4, -0.2) is 41.8 Å². The van der Waals surface area contributed by atoms with Gasteiger partial charge in [0.2, 0.25) is 11.8 Å². The number of nitrogens with one attached hydrogen (secondary N) is 1. The molecule has 0 saturated carbocycles. The third-order valence-electron chi connectivity index (χ3n) is 5.88. The first-order chi connectivity index (χ1) is 15.7. The minimum atomic E-state index is -4.95. The van der Waals surface area contributed by atoms with E-state index in [1.165, 1.54) is 0 Å². The number of anilines is 1. The van der Waals surface area contributed by atoms with Crippen molar-refractivity contribution in [3.63, 3.8) is 0 Å². The van der Waals surface area contributed by atoms with Crippen LogP contribution in [-0.2, 0) is 9.53 Å². The lowest BCUT2D eigenvalue weighted by molar-refractivity contribution is -0.272. The van der Waals surface area contributed by atoms with Gasteiger partial charge >= 0.3 is 6.18 Å². The van der Waals surface area contributed by atoms with E-state index in [2.05, 4.69) is 10.3 Å². The molecule has 184 valence electrons. The SMILES string of the molecule is COc1c([C@H]2[C@H](C(=O)Nc3cc(F)nc(C(N)=O)c3)O[C@@](C)(C(F)(F)F)[C@H]2C)ccc(F)c1F. The number of halogens is 6. The van der Waals surface area contributed by atoms with Crippen molar-refractivity contribution in [2.24, 2.45) is 11.7 Å². The number of pyridine rings is 1. The molecule has 2 heterocycles. The van der Waals surface area contributed by atoms with Crippen molar-refractivity contribution in [3.8, 4) is 5.75 Å². The van der Waals surface area contributed by atoms with Gasteiger partial charge in [0.1, 0.15) is 11.8 Å². The van der Waals surface area contributed by atoms with Crippen molar-refractivity contribution in [2.75, 3.05) is 12.4 Å². The molecule has 4 atom stereocenters. The summed E-state index contributed by atoms with van der Waals surface area (Å²) in [6, 6.07) is 3.31. The van der Waals surface area contributed by atoms with E-state index in [-0.39, 0.29) is 11.3 Å². The third-order valence-corrected chi connectivity index (χ3v) is 5.88. The van der Waals surface area contributed by atoms with Crippen molar-refractivity contribution < 1.29 is 45.4 Å². The second-order valence-corrected chi connectivity index (χ2v) is 7.86. The van der Waals surface area contributed by atoms with Crippen LogP contribution >= 0.6 is 0 Å². The highest BCUT2D eigenvalue weighted by atomic mass is 19.4. The Labute approximate surface area is 189 Å². The molecule has 3 rings (SSSR count). The first kappa shape index (κ1) is 25.3. The van der Waals surface area contributed by atoms with Gasteiger partial charge in [0, 0.05) is 29.2 Å². The molecule has 3 N–H and O–H groups in total. The van der Waals surface area contributed by atoms with Gasteiger partial charge in [-0.1, -0.05) is 13.0 Å². The molecule has 1 saturated heterocycles. The van der Waals surface area contributed by atoms with Crippen LogP contribution in [0.3, 0.4) is 0 Å². The lowest BCUT2D eigenvalue weighted by atomic mass is 9.77. The average molecular weight is 491 g/mol. The Kier molecular flexibility index (Phi) is 6.53. The number of alkyl halides is 3. The normalized spacial score (nSPS) is 24.7. The van der Waals surface area contributed by atoms with Crippen molar-refractivity contribution in [2.45, 2.75) is 37.6 Å². The number of rotatable bonds is 5. The molecule has 0 bridgehead atoms. The fourth-order valence-electron chi connectivity index (χ4n) is 3.95. The minimum absolute atomic E-state index is 0.235. The zero-order valence-electron chi connectivity index (χ0n) is 18.0. The van der Waals surface area contributed by atoms with Crippen molar-refractivity contribution in [3.05, 3.63) is 53.1 Å². The molecule has 0 unspecified atom stereocenters. The molecule has 1 aliphatic rings. The highest BCUT2D eigenvalue weighted by Gasteiger charge is 2.65. The topological polar surface area (TPSA) is 104 Å². The van der Waals surface area contributed by atoms with Gasteiger partial charge in [0.25, 0.3) is 11.8 Å². The summed E-state index contributed by atoms with van der Waals surface area (Å²) in [4.78, 5) is 27.6. The number of nitrogens with zero attached hydrogens (tertiary/aromatic N) is 1. The Morgan fingerprint density at radius 1 is 1.21 bits per heavy atom. The maximum absolute atomic E-state index is 14.4. The lowest BCUT2D eigenvalue weighted by Gasteiger charge is -2.32. The number of amides is 2. The number of hydrogen-bond acceptors (Lipinski definition) is 5. The summed E-state index contributed by atoms with van der Waals surface area (Å²) in [7, 11) is 0.991. The Bertz CT molecular complexity index is 1140. The van der Waals surface area contributed by atoms with Gasteiger partial charge in [-0.15, -0.1) is 0 Å². The largest absolute Gasteiger partial charge is 0.493 e. The van der Waals surface area contributed by atoms with E-state index < -0.39 is 70.6 Å². The monoisotopic (exact) mass is 491 g/mol. The zero-order valence-corrected chi connectivity index (χ0v) is 18.0. The number of methoxy groups -OCH3 is 1. The molecule has 0 aliphatic carbocycles. The summed E-state index contributed by atoms with van der Waals surface area (Å²) in [6.45, 7) is 1.87. The van der Waals surface area contributed by atoms with Crippen LogP contribution in [0, 0.1) is 23.5 Å². The molecule has 2 amide bonds. The van der Waals surface area contributed by atoms with Gasteiger partial charge in [0.15, 0.2) is 17.2 Å². The lowest BCUT2D eigenvalue weighted by Crippen LogP contribution is -2.47. The van der Waals surface area contributed by atoms with E-state index >= 15 is 0 Å². The van der Waals surface area contributed by atoms with Crippen molar-refractivity contribution in [1.29, 1.82) is 0 Å². The standard InChI is InChI=1S/C21H19F6N3O4/c1-8-14(10-4-5-11(22)15(24)16(10)33-3)17(34-20(8,2)21(25,26)27)19(32)29-9-6-12(18(28)31)30-13(23)7-9/h4-8,14,17H,1-3H3,(H2,28,31)(H,29,30,32)/t8-,14-,17+,20+/m0/s1. The third kappa shape index (κ3) is 4.27. The number of hydrogen-bond donors (Lipinski definition) is 2. The molecule has 0 spiro atoms. The molecule has 34 heavy (non-hydrogen) atoms. The molecule has 13 heteroatoms. The Balaban J connectivity index is 2.09. The maximum atomic E-state index is 14.4. The molecule has 0 radical (unpaired) electrons. The fourth-order valence-corrected chi connectivity index (χ4v) is 3.95. The summed E-state index contributed by atoms with van der Waals surface area (Å²) < 4.78 is 93.7. The van der Waals surface area contributed by atoms with E-state index in [9.17, 15) is 35.9 Å². The quantitative estimate of drug-likeness (QED) is 0.491. The van der Waals surface area contributed by atoms with Crippen LogP contribution < -0.4 is 15.8 Å². The second kappa shape index (κ2) is 8.78. The van der Waals surface area contributed by atoms with Gasteiger partial charge in [-0.25, -0.2) is 9.37 Å². The van der Waals surface area contributed by atoms with E-state index in [1.54, 1.807) is 0 Å². The number of benzene rings is 1. The molecule has 1 aromatic carbocycles. The summed E-state index contributed by atoms with van der Waals surface area (Å²) in [5.74, 6) is -9.85. The van der Waals surface area contributed by atoms with Crippen LogP contribution in [0.15, 0.2) is 24.3 Å². The summed E-state index contributed by atoms with van der Waals surface area (Å²) in [6.07, 6.45) is -6.85. The number of nitrogens with two attached hydrogens (primary N) is 1. The molecule has 2 aromatic rings. The van der Waals surface area contributed by atoms with Crippen molar-refractivity contribution >= 4 is 17.5 Å². The van der Waals surface area contributed by atoms with Crippen LogP contribution in [0.4, 0.5) is 32.0 Å². The van der Waals surface area contributed by atoms with Gasteiger partial charge in [-0.05, 0) is 19.1 Å². The van der Waals surface area contributed by atoms with Gasteiger partial charge in [-0.3, -0.25) is 9.59 Å². The van der Waals surface area contributed by atoms with Gasteiger partial charge in [-0.2, -0.15) is 22.0 Å². The number of primary amides is 1. The molecule has 1 aromatic heterocycles. The van der Waals surface area contributed by atoms with E-state index in [0.717, 1.165) is 33.1 Å². The highest BCUT2D eigenvalue weighted by Crippen LogP contribution is 2.55. The number of ether oxygens (including phenoxy) is 2. The molecule has 1 fully saturated rings. The summed E-state index contributed by atoms with van der Waals surface area (Å²) >= 11 is 0. The van der Waals surface area contributed by atoms with Crippen LogP contribution in [0.5, 0.6) is 5.75 Å². The van der Waals surface area contributed by atoms with Crippen molar-refractivity contribution in [1.82, 2.24) is 4.98 Å². The van der Waals surface area contributed by atoms with E-state index in [0.29, 0.717) is 12.1 Å². The second-order valence-electron chi connectivity index (χ2n) is 7.86. The minimum Gasteiger partial charge on any atom is -0.493 e. The predicted molar refractivity (Wildman–Crippen MR) is 105 cm³/mol. The summed E-state index contributed by atoms with van der Waals surface area (Å²) in [5, 5.41) is 2.17. The average Bonchev–Trinajstić information content (AvgIpc) is 3.01. The highest BCUT2D eigenvalue weighted by molar-refractivity contribution is 5.97. The molecular formula is C21H19F6N3O4. The van der Waals surface area contributed by atoms with Gasteiger partial charge < -0.3 is 20.5 Å². The first-order valence-electron chi connectivity index (χ1n) is 9.76. The fraction of sp³-hybridized carbons (Fsp3) is 0.381. The van der Waals surface area contributed by atoms with E-state index in [1.807, 2.05) is 0 Å². The van der Waals surface area contributed by atoms with Gasteiger partial charge in [0.05, 0.1) is 7.11 Å². The molecule has 1 aliphatic heterocycles. The van der Waals surface area contributed by atoms with E-state index in [4.69, 9.17) is 15.2 Å². The maximum Gasteiger partial charge on any atom is 0.417 e. The smallest absolute Gasteiger partial charge is 0.417 e. The number of aromatic nitrogens is 1. The van der Waals surface area contributed by atoms with Crippen LogP contribution in [0.1, 0.15) is 35.8 Å². The number of carbonyl (C=O) groups excluding carboxylic acids is 2. The molecule has 7 nitrogen and oxygen atoms in total. The Morgan fingerprint density at radius 3 is 2.41 bits per heavy atom. The molecular weight excluding hydrogens is 472 g/mol. The Morgan fingerprint density at radius 2 is 1.85 bits per heavy atom. The first-order valence-corrected chi connectivity index (χ1v) is 9.76. The predicted octanol–water partition coefficient (Wildman–Crippen LogP) is 3.68. The summed E-state index contributed by atoms with van der Waals surface area (Å²) in [5.41, 5.74) is 1.07. The van der Waals surface area contributed by atoms with Crippen LogP contribution in [0.2, 0.25) is 0 Å². The number of carbonyl (C=O) groups is 2. The van der Waals surface area contributed by atoms with Crippen LogP contribution in [0.25, 0.3) is 0 Å². The Hall–Kier alpha value is -3.35. The zero-order chi connectivity index (χ0) is 25.6.